The predicted octanol–water partition coefficient (Wildman–Crippen LogP) is 5.24. The predicted molar refractivity (Wildman–Crippen MR) is 115 cm³/mol. The van der Waals surface area contributed by atoms with E-state index in [4.69, 9.17) is 4.42 Å². The highest BCUT2D eigenvalue weighted by molar-refractivity contribution is 7.12. The molecule has 3 heterocycles. The Balaban J connectivity index is 1.65. The van der Waals surface area contributed by atoms with Crippen LogP contribution in [0.3, 0.4) is 0 Å². The van der Waals surface area contributed by atoms with Crippen LogP contribution < -0.4 is 5.32 Å². The van der Waals surface area contributed by atoms with Crippen molar-refractivity contribution in [2.24, 2.45) is 0 Å². The first-order valence-corrected chi connectivity index (χ1v) is 11.7. The summed E-state index contributed by atoms with van der Waals surface area (Å²) < 4.78 is 5.51. The number of carbonyl (C=O) groups excluding carboxylic acids is 2. The quantitative estimate of drug-likeness (QED) is 0.560. The molecule has 0 spiro atoms. The average Bonchev–Trinajstić information content (AvgIpc) is 3.51. The molecule has 0 bridgehead atoms. The van der Waals surface area contributed by atoms with Gasteiger partial charge in [-0.3, -0.25) is 9.59 Å². The van der Waals surface area contributed by atoms with Gasteiger partial charge < -0.3 is 14.6 Å². The van der Waals surface area contributed by atoms with E-state index < -0.39 is 6.04 Å². The number of amides is 2. The maximum absolute atomic E-state index is 13.4. The third kappa shape index (κ3) is 4.79. The van der Waals surface area contributed by atoms with Gasteiger partial charge in [0.2, 0.25) is 5.91 Å². The van der Waals surface area contributed by atoms with E-state index in [2.05, 4.69) is 5.32 Å². The molecule has 5 nitrogen and oxygen atoms in total. The summed E-state index contributed by atoms with van der Waals surface area (Å²) in [6.45, 7) is 0.240. The molecule has 29 heavy (non-hydrogen) atoms. The zero-order valence-electron chi connectivity index (χ0n) is 16.1. The van der Waals surface area contributed by atoms with Crippen LogP contribution >= 0.6 is 22.7 Å². The molecule has 0 radical (unpaired) electrons. The summed E-state index contributed by atoms with van der Waals surface area (Å²) in [7, 11) is 0. The molecule has 1 unspecified atom stereocenters. The minimum absolute atomic E-state index is 0.115. The Morgan fingerprint density at radius 1 is 1.07 bits per heavy atom. The number of thiophene rings is 2. The van der Waals surface area contributed by atoms with Crippen LogP contribution in [0.15, 0.2) is 57.8 Å². The first-order chi connectivity index (χ1) is 14.2. The van der Waals surface area contributed by atoms with Gasteiger partial charge in [-0.05, 0) is 47.9 Å². The van der Waals surface area contributed by atoms with Crippen LogP contribution in [0.5, 0.6) is 0 Å². The zero-order valence-corrected chi connectivity index (χ0v) is 17.7. The summed E-state index contributed by atoms with van der Waals surface area (Å²) in [5.74, 6) is 0.381. The fraction of sp³-hybridized carbons (Fsp3) is 0.364. The van der Waals surface area contributed by atoms with E-state index in [1.165, 1.54) is 29.1 Å². The van der Waals surface area contributed by atoms with Crippen molar-refractivity contribution in [3.63, 3.8) is 0 Å². The van der Waals surface area contributed by atoms with Gasteiger partial charge in [0.1, 0.15) is 11.8 Å². The van der Waals surface area contributed by atoms with Crippen molar-refractivity contribution in [1.29, 1.82) is 0 Å². The lowest BCUT2D eigenvalue weighted by molar-refractivity contribution is -0.127. The maximum atomic E-state index is 13.4. The summed E-state index contributed by atoms with van der Waals surface area (Å²) in [6, 6.07) is 10.6. The summed E-state index contributed by atoms with van der Waals surface area (Å²) in [6.07, 6.45) is 7.09. The topological polar surface area (TPSA) is 62.6 Å². The Morgan fingerprint density at radius 2 is 1.86 bits per heavy atom. The first-order valence-electron chi connectivity index (χ1n) is 9.93. The maximum Gasteiger partial charge on any atom is 0.265 e. The largest absolute Gasteiger partial charge is 0.467 e. The van der Waals surface area contributed by atoms with Crippen LogP contribution in [-0.2, 0) is 11.3 Å². The number of hydrogen-bond donors (Lipinski definition) is 1. The van der Waals surface area contributed by atoms with Crippen molar-refractivity contribution in [3.05, 3.63) is 68.9 Å². The molecule has 1 aliphatic rings. The Bertz CT molecular complexity index is 898. The van der Waals surface area contributed by atoms with Gasteiger partial charge in [-0.25, -0.2) is 0 Å². The molecule has 7 heteroatoms. The summed E-state index contributed by atoms with van der Waals surface area (Å²) >= 11 is 2.88. The lowest BCUT2D eigenvalue weighted by atomic mass is 9.95. The second-order valence-corrected chi connectivity index (χ2v) is 9.18. The Labute approximate surface area is 178 Å². The number of rotatable bonds is 7. The molecule has 3 aromatic rings. The van der Waals surface area contributed by atoms with Crippen molar-refractivity contribution in [2.75, 3.05) is 0 Å². The van der Waals surface area contributed by atoms with Gasteiger partial charge in [-0.2, -0.15) is 0 Å². The monoisotopic (exact) mass is 428 g/mol. The molecular formula is C22H24N2O3S2. The first kappa shape index (κ1) is 19.9. The molecule has 152 valence electrons. The fourth-order valence-electron chi connectivity index (χ4n) is 3.79. The molecule has 1 fully saturated rings. The Hall–Kier alpha value is -2.38. The molecule has 1 N–H and O–H groups in total. The summed E-state index contributed by atoms with van der Waals surface area (Å²) in [4.78, 5) is 29.9. The number of nitrogens with one attached hydrogen (secondary N) is 1. The van der Waals surface area contributed by atoms with Crippen molar-refractivity contribution in [2.45, 2.75) is 50.7 Å². The second kappa shape index (κ2) is 9.41. The smallest absolute Gasteiger partial charge is 0.265 e. The number of hydrogen-bond acceptors (Lipinski definition) is 5. The van der Waals surface area contributed by atoms with Crippen molar-refractivity contribution >= 4 is 34.5 Å². The van der Waals surface area contributed by atoms with Crippen LogP contribution in [0.1, 0.15) is 58.5 Å². The molecule has 1 atom stereocenters. The normalized spacial score (nSPS) is 15.7. The molecule has 1 aliphatic carbocycles. The van der Waals surface area contributed by atoms with E-state index >= 15 is 0 Å². The molecule has 0 aliphatic heterocycles. The Kier molecular flexibility index (Phi) is 6.46. The lowest BCUT2D eigenvalue weighted by Gasteiger charge is -2.32. The van der Waals surface area contributed by atoms with Crippen molar-refractivity contribution in [3.8, 4) is 0 Å². The van der Waals surface area contributed by atoms with Crippen molar-refractivity contribution < 1.29 is 14.0 Å². The van der Waals surface area contributed by atoms with Crippen molar-refractivity contribution in [1.82, 2.24) is 10.2 Å². The minimum atomic E-state index is -0.684. The molecule has 0 aromatic carbocycles. The Morgan fingerprint density at radius 3 is 2.52 bits per heavy atom. The SMILES string of the molecule is O=C(NC1CCCCC1)C(c1cccs1)N(Cc1ccco1)C(=O)c1cccs1. The van der Waals surface area contributed by atoms with E-state index in [0.29, 0.717) is 10.6 Å². The number of carbonyl (C=O) groups is 2. The van der Waals surface area contributed by atoms with E-state index in [-0.39, 0.29) is 24.4 Å². The lowest BCUT2D eigenvalue weighted by Crippen LogP contribution is -2.46. The van der Waals surface area contributed by atoms with Gasteiger partial charge in [0.05, 0.1) is 17.7 Å². The van der Waals surface area contributed by atoms with E-state index in [1.54, 1.807) is 23.3 Å². The third-order valence-corrected chi connectivity index (χ3v) is 7.01. The summed E-state index contributed by atoms with van der Waals surface area (Å²) in [5, 5.41) is 7.03. The highest BCUT2D eigenvalue weighted by Gasteiger charge is 2.35. The van der Waals surface area contributed by atoms with Gasteiger partial charge in [-0.1, -0.05) is 31.4 Å². The molecule has 3 aromatic heterocycles. The standard InChI is InChI=1S/C22H24N2O3S2/c25-21(23-16-7-2-1-3-8-16)20(18-10-5-13-28-18)24(15-17-9-4-12-27-17)22(26)19-11-6-14-29-19/h4-6,9-14,16,20H,1-3,7-8,15H2,(H,23,25). The van der Waals surface area contributed by atoms with Crippen LogP contribution in [0.2, 0.25) is 0 Å². The number of furan rings is 1. The van der Waals surface area contributed by atoms with E-state index in [1.807, 2.05) is 35.0 Å². The zero-order chi connectivity index (χ0) is 20.1. The molecule has 2 amide bonds. The molecule has 0 saturated heterocycles. The second-order valence-electron chi connectivity index (χ2n) is 7.25. The molecular weight excluding hydrogens is 404 g/mol. The molecule has 4 rings (SSSR count). The fourth-order valence-corrected chi connectivity index (χ4v) is 5.30. The van der Waals surface area contributed by atoms with Gasteiger partial charge in [0.15, 0.2) is 0 Å². The van der Waals surface area contributed by atoms with Gasteiger partial charge in [0.25, 0.3) is 5.91 Å². The van der Waals surface area contributed by atoms with Crippen LogP contribution in [-0.4, -0.2) is 22.8 Å². The van der Waals surface area contributed by atoms with E-state index in [9.17, 15) is 9.59 Å². The van der Waals surface area contributed by atoms with Crippen LogP contribution in [0.25, 0.3) is 0 Å². The summed E-state index contributed by atoms with van der Waals surface area (Å²) in [5.41, 5.74) is 0. The third-order valence-electron chi connectivity index (χ3n) is 5.22. The van der Waals surface area contributed by atoms with Gasteiger partial charge in [-0.15, -0.1) is 22.7 Å². The van der Waals surface area contributed by atoms with E-state index in [0.717, 1.165) is 30.6 Å². The van der Waals surface area contributed by atoms with Gasteiger partial charge in [0, 0.05) is 10.9 Å². The van der Waals surface area contributed by atoms with Crippen LogP contribution in [0, 0.1) is 0 Å². The number of nitrogens with zero attached hydrogens (tertiary/aromatic N) is 1. The minimum Gasteiger partial charge on any atom is -0.467 e. The average molecular weight is 429 g/mol. The highest BCUT2D eigenvalue weighted by Crippen LogP contribution is 2.30. The molecule has 1 saturated carbocycles. The van der Waals surface area contributed by atoms with Crippen LogP contribution in [0.4, 0.5) is 0 Å². The highest BCUT2D eigenvalue weighted by atomic mass is 32.1. The van der Waals surface area contributed by atoms with Gasteiger partial charge >= 0.3 is 0 Å².